The van der Waals surface area contributed by atoms with Crippen molar-refractivity contribution in [3.05, 3.63) is 26.4 Å². The summed E-state index contributed by atoms with van der Waals surface area (Å²) in [5.41, 5.74) is -2.07. The summed E-state index contributed by atoms with van der Waals surface area (Å²) in [5.74, 6) is -1.33. The van der Waals surface area contributed by atoms with Crippen LogP contribution < -0.4 is 16.6 Å². The second kappa shape index (κ2) is 4.65. The fraction of sp³-hybridized carbons (Fsp3) is 0.444. The second-order valence-corrected chi connectivity index (χ2v) is 3.19. The number of nitrogens with one attached hydrogen (secondary N) is 2. The van der Waals surface area contributed by atoms with E-state index >= 15 is 0 Å². The van der Waals surface area contributed by atoms with Gasteiger partial charge in [-0.1, -0.05) is 6.92 Å². The Morgan fingerprint density at radius 3 is 2.62 bits per heavy atom. The number of H-pyrrole nitrogens is 1. The molecule has 0 aliphatic carbocycles. The average Bonchev–Trinajstić information content (AvgIpc) is 2.23. The Bertz CT molecular complexity index is 514. The summed E-state index contributed by atoms with van der Waals surface area (Å²) in [5, 5.41) is 11.9. The van der Waals surface area contributed by atoms with Crippen LogP contribution in [0, 0.1) is 0 Å². The van der Waals surface area contributed by atoms with Gasteiger partial charge < -0.3 is 10.4 Å². The van der Waals surface area contributed by atoms with Crippen LogP contribution in [0.3, 0.4) is 0 Å². The Labute approximate surface area is 90.7 Å². The van der Waals surface area contributed by atoms with Gasteiger partial charge in [-0.3, -0.25) is 19.1 Å². The summed E-state index contributed by atoms with van der Waals surface area (Å²) in [6.45, 7) is 2.03. The minimum atomic E-state index is -0.894. The Hall–Kier alpha value is -2.05. The van der Waals surface area contributed by atoms with E-state index in [0.717, 1.165) is 4.57 Å². The molecule has 0 saturated heterocycles. The number of carbonyl (C=O) groups is 1. The van der Waals surface area contributed by atoms with Crippen LogP contribution in [-0.4, -0.2) is 27.6 Å². The van der Waals surface area contributed by atoms with Crippen LogP contribution in [0.5, 0.6) is 5.88 Å². The van der Waals surface area contributed by atoms with Crippen LogP contribution >= 0.6 is 0 Å². The van der Waals surface area contributed by atoms with Crippen LogP contribution in [0.1, 0.15) is 23.7 Å². The zero-order chi connectivity index (χ0) is 12.3. The Kier molecular flexibility index (Phi) is 3.49. The topological polar surface area (TPSA) is 104 Å². The lowest BCUT2D eigenvalue weighted by molar-refractivity contribution is 0.0956. The first-order valence-electron chi connectivity index (χ1n) is 4.81. The molecular formula is C9H13N3O4. The van der Waals surface area contributed by atoms with Crippen molar-refractivity contribution in [2.24, 2.45) is 0 Å². The van der Waals surface area contributed by atoms with Crippen LogP contribution in [0.25, 0.3) is 0 Å². The SMILES string of the molecule is CCCn1c(O)c(C(=O)NC)c(=O)[nH]c1=O. The molecule has 1 aromatic heterocycles. The molecule has 7 nitrogen and oxygen atoms in total. The molecule has 0 atom stereocenters. The van der Waals surface area contributed by atoms with Crippen molar-refractivity contribution < 1.29 is 9.90 Å². The normalized spacial score (nSPS) is 10.1. The highest BCUT2D eigenvalue weighted by molar-refractivity contribution is 5.95. The molecule has 1 amide bonds. The van der Waals surface area contributed by atoms with E-state index in [1.807, 2.05) is 4.98 Å². The van der Waals surface area contributed by atoms with Crippen LogP contribution in [0.2, 0.25) is 0 Å². The van der Waals surface area contributed by atoms with E-state index in [9.17, 15) is 19.5 Å². The Morgan fingerprint density at radius 1 is 1.50 bits per heavy atom. The predicted octanol–water partition coefficient (Wildman–Crippen LogP) is -0.988. The van der Waals surface area contributed by atoms with Gasteiger partial charge in [0, 0.05) is 13.6 Å². The molecule has 0 radical (unpaired) electrons. The number of nitrogens with zero attached hydrogens (tertiary/aromatic N) is 1. The number of amides is 1. The molecule has 0 aromatic carbocycles. The number of carbonyl (C=O) groups excluding carboxylic acids is 1. The lowest BCUT2D eigenvalue weighted by Crippen LogP contribution is -2.36. The van der Waals surface area contributed by atoms with E-state index in [1.165, 1.54) is 7.05 Å². The fourth-order valence-electron chi connectivity index (χ4n) is 1.32. The Morgan fingerprint density at radius 2 is 2.12 bits per heavy atom. The first-order valence-corrected chi connectivity index (χ1v) is 4.81. The lowest BCUT2D eigenvalue weighted by Gasteiger charge is -2.08. The largest absolute Gasteiger partial charge is 0.494 e. The molecule has 1 rings (SSSR count). The number of aromatic amines is 1. The molecule has 3 N–H and O–H groups in total. The summed E-state index contributed by atoms with van der Waals surface area (Å²) in [7, 11) is 1.33. The van der Waals surface area contributed by atoms with E-state index in [2.05, 4.69) is 5.32 Å². The molecule has 0 aliphatic heterocycles. The minimum Gasteiger partial charge on any atom is -0.494 e. The van der Waals surface area contributed by atoms with Gasteiger partial charge >= 0.3 is 5.69 Å². The third kappa shape index (κ3) is 1.97. The molecule has 1 heterocycles. The molecular weight excluding hydrogens is 214 g/mol. The fourth-order valence-corrected chi connectivity index (χ4v) is 1.32. The van der Waals surface area contributed by atoms with Crippen molar-refractivity contribution in [2.75, 3.05) is 7.05 Å². The van der Waals surface area contributed by atoms with E-state index < -0.39 is 28.6 Å². The zero-order valence-electron chi connectivity index (χ0n) is 9.03. The minimum absolute atomic E-state index is 0.228. The number of aromatic nitrogens is 2. The summed E-state index contributed by atoms with van der Waals surface area (Å²) in [6.07, 6.45) is 0.590. The van der Waals surface area contributed by atoms with Gasteiger partial charge in [-0.15, -0.1) is 0 Å². The molecule has 16 heavy (non-hydrogen) atoms. The van der Waals surface area contributed by atoms with Crippen molar-refractivity contribution in [1.29, 1.82) is 0 Å². The predicted molar refractivity (Wildman–Crippen MR) is 56.7 cm³/mol. The molecule has 0 saturated carbocycles. The van der Waals surface area contributed by atoms with Crippen molar-refractivity contribution in [2.45, 2.75) is 19.9 Å². The number of rotatable bonds is 3. The first kappa shape index (κ1) is 12.0. The van der Waals surface area contributed by atoms with Gasteiger partial charge in [-0.25, -0.2) is 4.79 Å². The summed E-state index contributed by atoms with van der Waals surface area (Å²) < 4.78 is 0.950. The van der Waals surface area contributed by atoms with Gasteiger partial charge in [-0.05, 0) is 6.42 Å². The number of hydrogen-bond donors (Lipinski definition) is 3. The van der Waals surface area contributed by atoms with Gasteiger partial charge in [-0.2, -0.15) is 0 Å². The van der Waals surface area contributed by atoms with E-state index in [-0.39, 0.29) is 6.54 Å². The summed E-state index contributed by atoms with van der Waals surface area (Å²) in [4.78, 5) is 36.0. The quantitative estimate of drug-likeness (QED) is 0.616. The average molecular weight is 227 g/mol. The van der Waals surface area contributed by atoms with Crippen LogP contribution in [0.4, 0.5) is 0 Å². The van der Waals surface area contributed by atoms with E-state index in [4.69, 9.17) is 0 Å². The van der Waals surface area contributed by atoms with Crippen molar-refractivity contribution in [3.8, 4) is 5.88 Å². The number of hydrogen-bond acceptors (Lipinski definition) is 4. The third-order valence-corrected chi connectivity index (χ3v) is 2.07. The van der Waals surface area contributed by atoms with Gasteiger partial charge in [0.25, 0.3) is 11.5 Å². The smallest absolute Gasteiger partial charge is 0.331 e. The van der Waals surface area contributed by atoms with E-state index in [1.54, 1.807) is 6.92 Å². The second-order valence-electron chi connectivity index (χ2n) is 3.19. The van der Waals surface area contributed by atoms with Crippen LogP contribution in [0.15, 0.2) is 9.59 Å². The van der Waals surface area contributed by atoms with Crippen LogP contribution in [-0.2, 0) is 6.54 Å². The van der Waals surface area contributed by atoms with Gasteiger partial charge in [0.2, 0.25) is 5.88 Å². The molecule has 7 heteroatoms. The molecule has 0 unspecified atom stereocenters. The highest BCUT2D eigenvalue weighted by Gasteiger charge is 2.19. The third-order valence-electron chi connectivity index (χ3n) is 2.07. The molecule has 0 fully saturated rings. The highest BCUT2D eigenvalue weighted by atomic mass is 16.3. The monoisotopic (exact) mass is 227 g/mol. The van der Waals surface area contributed by atoms with Crippen molar-refractivity contribution in [3.63, 3.8) is 0 Å². The van der Waals surface area contributed by atoms with E-state index in [0.29, 0.717) is 6.42 Å². The zero-order valence-corrected chi connectivity index (χ0v) is 9.03. The molecule has 0 aliphatic rings. The molecule has 0 spiro atoms. The van der Waals surface area contributed by atoms with Gasteiger partial charge in [0.05, 0.1) is 0 Å². The Balaban J connectivity index is 3.51. The molecule has 1 aromatic rings. The van der Waals surface area contributed by atoms with Gasteiger partial charge in [0.1, 0.15) is 0 Å². The van der Waals surface area contributed by atoms with Gasteiger partial charge in [0.15, 0.2) is 5.56 Å². The maximum atomic E-state index is 11.3. The first-order chi connectivity index (χ1) is 7.52. The summed E-state index contributed by atoms with van der Waals surface area (Å²) >= 11 is 0. The maximum Gasteiger partial charge on any atom is 0.331 e. The molecule has 0 bridgehead atoms. The number of aromatic hydroxyl groups is 1. The summed E-state index contributed by atoms with van der Waals surface area (Å²) in [6, 6.07) is 0. The maximum absolute atomic E-state index is 11.3. The van der Waals surface area contributed by atoms with Crippen molar-refractivity contribution in [1.82, 2.24) is 14.9 Å². The highest BCUT2D eigenvalue weighted by Crippen LogP contribution is 2.09. The van der Waals surface area contributed by atoms with Crippen molar-refractivity contribution >= 4 is 5.91 Å². The standard InChI is InChI=1S/C9H13N3O4/c1-3-4-12-8(15)5(6(13)10-2)7(14)11-9(12)16/h15H,3-4H2,1-2H3,(H,10,13)(H,11,14,16). The lowest BCUT2D eigenvalue weighted by atomic mass is 10.3. The molecule has 88 valence electrons.